The first-order valence-electron chi connectivity index (χ1n) is 4.88. The first kappa shape index (κ1) is 9.55. The highest BCUT2D eigenvalue weighted by Crippen LogP contribution is 2.44. The van der Waals surface area contributed by atoms with Gasteiger partial charge >= 0.3 is 0 Å². The molecule has 0 amide bonds. The number of nitrogens with zero attached hydrogens (tertiary/aromatic N) is 3. The van der Waals surface area contributed by atoms with E-state index in [4.69, 9.17) is 0 Å². The Bertz CT molecular complexity index is 322. The molecule has 0 N–H and O–H groups in total. The maximum atomic E-state index is 13.0. The molecular weight excluding hydrogens is 188 g/mol. The van der Waals surface area contributed by atoms with Crippen LogP contribution < -0.4 is 0 Å². The fourth-order valence-corrected chi connectivity index (χ4v) is 1.71. The van der Waals surface area contributed by atoms with E-state index in [9.17, 15) is 8.78 Å². The van der Waals surface area contributed by atoms with Gasteiger partial charge in [0.2, 0.25) is 0 Å². The van der Waals surface area contributed by atoms with Crippen molar-refractivity contribution >= 4 is 0 Å². The molecule has 1 unspecified atom stereocenters. The van der Waals surface area contributed by atoms with Crippen molar-refractivity contribution in [3.63, 3.8) is 0 Å². The summed E-state index contributed by atoms with van der Waals surface area (Å²) in [5, 5.41) is 7.53. The van der Waals surface area contributed by atoms with Crippen LogP contribution in [0.2, 0.25) is 0 Å². The van der Waals surface area contributed by atoms with Gasteiger partial charge in [0.25, 0.3) is 5.92 Å². The van der Waals surface area contributed by atoms with E-state index in [1.165, 1.54) is 0 Å². The van der Waals surface area contributed by atoms with Crippen LogP contribution in [0.15, 0.2) is 6.20 Å². The van der Waals surface area contributed by atoms with Crippen LogP contribution in [-0.2, 0) is 13.0 Å². The zero-order chi connectivity index (χ0) is 10.2. The predicted molar refractivity (Wildman–Crippen MR) is 47.1 cm³/mol. The van der Waals surface area contributed by atoms with Crippen molar-refractivity contribution in [2.24, 2.45) is 5.92 Å². The summed E-state index contributed by atoms with van der Waals surface area (Å²) in [5.41, 5.74) is 0.924. The topological polar surface area (TPSA) is 30.7 Å². The third-order valence-corrected chi connectivity index (χ3v) is 2.88. The first-order valence-corrected chi connectivity index (χ1v) is 4.88. The van der Waals surface area contributed by atoms with E-state index >= 15 is 0 Å². The highest BCUT2D eigenvalue weighted by molar-refractivity contribution is 4.95. The Hall–Kier alpha value is -1.00. The second-order valence-electron chi connectivity index (χ2n) is 3.76. The third kappa shape index (κ3) is 1.51. The van der Waals surface area contributed by atoms with E-state index in [0.717, 1.165) is 12.1 Å². The fourth-order valence-electron chi connectivity index (χ4n) is 1.71. The van der Waals surface area contributed by atoms with E-state index in [1.54, 1.807) is 10.9 Å². The monoisotopic (exact) mass is 201 g/mol. The van der Waals surface area contributed by atoms with Crippen LogP contribution in [0.1, 0.15) is 25.5 Å². The van der Waals surface area contributed by atoms with Gasteiger partial charge in [-0.1, -0.05) is 12.1 Å². The van der Waals surface area contributed by atoms with Gasteiger partial charge in [-0.3, -0.25) is 0 Å². The number of alkyl halides is 2. The van der Waals surface area contributed by atoms with Crippen LogP contribution in [0, 0.1) is 5.92 Å². The van der Waals surface area contributed by atoms with Crippen molar-refractivity contribution in [3.05, 3.63) is 11.9 Å². The Morgan fingerprint density at radius 3 is 2.93 bits per heavy atom. The van der Waals surface area contributed by atoms with Gasteiger partial charge in [-0.05, 0) is 12.8 Å². The molecule has 1 aliphatic carbocycles. The molecule has 0 aromatic carbocycles. The zero-order valence-electron chi connectivity index (χ0n) is 8.08. The second-order valence-corrected chi connectivity index (χ2v) is 3.76. The van der Waals surface area contributed by atoms with Crippen LogP contribution in [-0.4, -0.2) is 20.9 Å². The normalized spacial score (nSPS) is 24.6. The van der Waals surface area contributed by atoms with Gasteiger partial charge in [0.05, 0.1) is 18.4 Å². The summed E-state index contributed by atoms with van der Waals surface area (Å²) in [7, 11) is 0. The van der Waals surface area contributed by atoms with Crippen LogP contribution in [0.5, 0.6) is 0 Å². The van der Waals surface area contributed by atoms with Crippen LogP contribution in [0.25, 0.3) is 0 Å². The van der Waals surface area contributed by atoms with Crippen molar-refractivity contribution < 1.29 is 8.78 Å². The van der Waals surface area contributed by atoms with Gasteiger partial charge in [-0.15, -0.1) is 5.10 Å². The van der Waals surface area contributed by atoms with Crippen LogP contribution >= 0.6 is 0 Å². The SMILES string of the molecule is CCc1cnnn1CC1CCC1(F)F. The van der Waals surface area contributed by atoms with Crippen molar-refractivity contribution in [1.82, 2.24) is 15.0 Å². The van der Waals surface area contributed by atoms with Crippen LogP contribution in [0.4, 0.5) is 8.78 Å². The number of aromatic nitrogens is 3. The Kier molecular flexibility index (Phi) is 2.25. The number of hydrogen-bond acceptors (Lipinski definition) is 2. The van der Waals surface area contributed by atoms with E-state index in [2.05, 4.69) is 10.3 Å². The second kappa shape index (κ2) is 3.29. The summed E-state index contributed by atoms with van der Waals surface area (Å²) in [6.45, 7) is 2.27. The largest absolute Gasteiger partial charge is 0.252 e. The maximum absolute atomic E-state index is 13.0. The zero-order valence-corrected chi connectivity index (χ0v) is 8.08. The molecule has 0 bridgehead atoms. The minimum Gasteiger partial charge on any atom is -0.249 e. The molecule has 3 nitrogen and oxygen atoms in total. The van der Waals surface area contributed by atoms with Gasteiger partial charge in [-0.25, -0.2) is 13.5 Å². The quantitative estimate of drug-likeness (QED) is 0.747. The lowest BCUT2D eigenvalue weighted by atomic mass is 9.81. The maximum Gasteiger partial charge on any atom is 0.252 e. The number of aryl methyl sites for hydroxylation is 1. The molecule has 1 saturated carbocycles. The van der Waals surface area contributed by atoms with Crippen molar-refractivity contribution in [3.8, 4) is 0 Å². The lowest BCUT2D eigenvalue weighted by molar-refractivity contribution is -0.138. The molecule has 78 valence electrons. The van der Waals surface area contributed by atoms with E-state index < -0.39 is 11.8 Å². The van der Waals surface area contributed by atoms with Gasteiger partial charge in [0, 0.05) is 12.3 Å². The summed E-state index contributed by atoms with van der Waals surface area (Å²) in [4.78, 5) is 0. The molecule has 14 heavy (non-hydrogen) atoms. The number of rotatable bonds is 3. The van der Waals surface area contributed by atoms with Gasteiger partial charge < -0.3 is 0 Å². The Balaban J connectivity index is 2.04. The lowest BCUT2D eigenvalue weighted by Crippen LogP contribution is -2.41. The highest BCUT2D eigenvalue weighted by atomic mass is 19.3. The van der Waals surface area contributed by atoms with E-state index in [1.807, 2.05) is 6.92 Å². The molecule has 1 heterocycles. The predicted octanol–water partition coefficient (Wildman–Crippen LogP) is 1.89. The van der Waals surface area contributed by atoms with E-state index in [-0.39, 0.29) is 6.42 Å². The summed E-state index contributed by atoms with van der Waals surface area (Å²) in [5.74, 6) is -3.04. The highest BCUT2D eigenvalue weighted by Gasteiger charge is 2.48. The van der Waals surface area contributed by atoms with Gasteiger partial charge in [0.15, 0.2) is 0 Å². The van der Waals surface area contributed by atoms with Crippen molar-refractivity contribution in [2.75, 3.05) is 0 Å². The summed E-state index contributed by atoms with van der Waals surface area (Å²) < 4.78 is 27.5. The average Bonchev–Trinajstić information content (AvgIpc) is 2.59. The molecule has 0 aliphatic heterocycles. The number of hydrogen-bond donors (Lipinski definition) is 0. The molecule has 0 radical (unpaired) electrons. The Labute approximate surface area is 81.1 Å². The van der Waals surface area contributed by atoms with Crippen molar-refractivity contribution in [2.45, 2.75) is 38.7 Å². The molecule has 1 aliphatic rings. The molecule has 2 rings (SSSR count). The standard InChI is InChI=1S/C9H13F2N3/c1-2-8-5-12-13-14(8)6-7-3-4-9(7,10)11/h5,7H,2-4,6H2,1H3. The van der Waals surface area contributed by atoms with Crippen molar-refractivity contribution in [1.29, 1.82) is 0 Å². The summed E-state index contributed by atoms with van der Waals surface area (Å²) >= 11 is 0. The molecule has 5 heteroatoms. The summed E-state index contributed by atoms with van der Waals surface area (Å²) in [6.07, 6.45) is 3.03. The molecule has 1 atom stereocenters. The minimum absolute atomic E-state index is 0.0216. The van der Waals surface area contributed by atoms with Crippen LogP contribution in [0.3, 0.4) is 0 Å². The molecule has 1 aromatic rings. The summed E-state index contributed by atoms with van der Waals surface area (Å²) in [6, 6.07) is 0. The third-order valence-electron chi connectivity index (χ3n) is 2.88. The number of halogens is 2. The first-order chi connectivity index (χ1) is 6.63. The lowest BCUT2D eigenvalue weighted by Gasteiger charge is -2.36. The van der Waals surface area contributed by atoms with Gasteiger partial charge in [0.1, 0.15) is 0 Å². The molecule has 0 saturated heterocycles. The molecule has 1 fully saturated rings. The van der Waals surface area contributed by atoms with E-state index in [0.29, 0.717) is 13.0 Å². The van der Waals surface area contributed by atoms with Gasteiger partial charge in [-0.2, -0.15) is 0 Å². The molecular formula is C9H13F2N3. The Morgan fingerprint density at radius 1 is 1.64 bits per heavy atom. The average molecular weight is 201 g/mol. The fraction of sp³-hybridized carbons (Fsp3) is 0.778. The molecule has 1 aromatic heterocycles. The molecule has 0 spiro atoms. The Morgan fingerprint density at radius 2 is 2.43 bits per heavy atom. The minimum atomic E-state index is -2.49. The smallest absolute Gasteiger partial charge is 0.249 e.